The average Bonchev–Trinajstić information content (AvgIpc) is 4.24. The monoisotopic (exact) mass is 1010 g/mol. The van der Waals surface area contributed by atoms with Crippen molar-refractivity contribution < 1.29 is 0 Å². The van der Waals surface area contributed by atoms with Gasteiger partial charge in [-0.05, 0) is 160 Å². The number of anilines is 3. The lowest BCUT2D eigenvalue weighted by Gasteiger charge is -2.39. The van der Waals surface area contributed by atoms with E-state index in [-0.39, 0.29) is 0 Å². The van der Waals surface area contributed by atoms with Crippen LogP contribution in [0.25, 0.3) is 93.9 Å². The molecule has 1 aromatic heterocycles. The van der Waals surface area contributed by atoms with E-state index in [1.165, 1.54) is 138 Å². The van der Waals surface area contributed by atoms with Crippen molar-refractivity contribution in [2.75, 3.05) is 4.90 Å². The molecule has 370 valence electrons. The summed E-state index contributed by atoms with van der Waals surface area (Å²) in [5, 5.41) is 4.96. The summed E-state index contributed by atoms with van der Waals surface area (Å²) in [4.78, 5) is 2.51. The maximum atomic E-state index is 2.53. The van der Waals surface area contributed by atoms with Crippen LogP contribution < -0.4 is 4.90 Å². The van der Waals surface area contributed by atoms with Gasteiger partial charge >= 0.3 is 0 Å². The van der Waals surface area contributed by atoms with E-state index in [9.17, 15) is 0 Å². The summed E-state index contributed by atoms with van der Waals surface area (Å²) >= 11 is 0. The van der Waals surface area contributed by atoms with Gasteiger partial charge in [0.15, 0.2) is 0 Å². The molecular formula is C78H48N2. The van der Waals surface area contributed by atoms with Crippen molar-refractivity contribution in [3.63, 3.8) is 0 Å². The first kappa shape index (κ1) is 43.8. The van der Waals surface area contributed by atoms with Gasteiger partial charge in [-0.2, -0.15) is 0 Å². The Morgan fingerprint density at radius 2 is 0.775 bits per heavy atom. The predicted molar refractivity (Wildman–Crippen MR) is 331 cm³/mol. The summed E-state index contributed by atoms with van der Waals surface area (Å²) in [5.74, 6) is 0. The first-order chi connectivity index (χ1) is 39.7. The lowest BCUT2D eigenvalue weighted by molar-refractivity contribution is 0.749. The van der Waals surface area contributed by atoms with E-state index in [4.69, 9.17) is 0 Å². The molecule has 2 heteroatoms. The van der Waals surface area contributed by atoms with Crippen LogP contribution in [0.15, 0.2) is 291 Å². The molecule has 0 saturated heterocycles. The smallest absolute Gasteiger partial charge is 0.0754 e. The van der Waals surface area contributed by atoms with Crippen molar-refractivity contribution in [3.8, 4) is 61.3 Å². The minimum absolute atomic E-state index is 0.458. The van der Waals surface area contributed by atoms with Crippen LogP contribution in [0.4, 0.5) is 17.1 Å². The number of rotatable bonds is 5. The second-order valence-corrected chi connectivity index (χ2v) is 22.2. The SMILES string of the molecule is c1ccc(-c2cccc(N(c3ccc4cc(-c5ccc6c(c5)C5(c7ccccc7-6)c6ccccc6-n6c7ccccc7c7cccc5c76)ccc4c3)c3cccc4c3-c3ccccc3C43c4ccccc4-c4ccccc43)c2)cc1. The number of para-hydroxylation sites is 3. The highest BCUT2D eigenvalue weighted by Gasteiger charge is 2.53. The summed E-state index contributed by atoms with van der Waals surface area (Å²) in [6, 6.07) is 110. The molecule has 0 bridgehead atoms. The highest BCUT2D eigenvalue weighted by Crippen LogP contribution is 2.65. The fraction of sp³-hybridized carbons (Fsp3) is 0.0256. The van der Waals surface area contributed by atoms with Crippen molar-refractivity contribution >= 4 is 49.6 Å². The Morgan fingerprint density at radius 1 is 0.275 bits per heavy atom. The Morgan fingerprint density at radius 3 is 1.55 bits per heavy atom. The first-order valence-electron chi connectivity index (χ1n) is 28.0. The van der Waals surface area contributed by atoms with E-state index in [1.807, 2.05) is 0 Å². The Hall–Kier alpha value is -10.3. The van der Waals surface area contributed by atoms with Gasteiger partial charge in [-0.3, -0.25) is 0 Å². The third-order valence-electron chi connectivity index (χ3n) is 18.6. The zero-order valence-electron chi connectivity index (χ0n) is 43.6. The fourth-order valence-electron chi connectivity index (χ4n) is 15.5. The van der Waals surface area contributed by atoms with Gasteiger partial charge < -0.3 is 9.47 Å². The topological polar surface area (TPSA) is 8.17 Å². The summed E-state index contributed by atoms with van der Waals surface area (Å²) in [7, 11) is 0. The van der Waals surface area contributed by atoms with Gasteiger partial charge in [-0.1, -0.05) is 237 Å². The van der Waals surface area contributed by atoms with Crippen molar-refractivity contribution in [1.29, 1.82) is 0 Å². The van der Waals surface area contributed by atoms with Crippen LogP contribution in [0, 0.1) is 0 Å². The van der Waals surface area contributed by atoms with E-state index in [0.717, 1.165) is 17.1 Å². The fourth-order valence-corrected chi connectivity index (χ4v) is 15.5. The van der Waals surface area contributed by atoms with Gasteiger partial charge in [0.25, 0.3) is 0 Å². The van der Waals surface area contributed by atoms with Gasteiger partial charge in [0.2, 0.25) is 0 Å². The number of hydrogen-bond donors (Lipinski definition) is 0. The number of hydrogen-bond acceptors (Lipinski definition) is 1. The number of nitrogens with zero attached hydrogens (tertiary/aromatic N) is 2. The Balaban J connectivity index is 0.816. The maximum Gasteiger partial charge on any atom is 0.0754 e. The Kier molecular flexibility index (Phi) is 8.83. The minimum Gasteiger partial charge on any atom is -0.310 e. The van der Waals surface area contributed by atoms with Gasteiger partial charge in [0.1, 0.15) is 0 Å². The van der Waals surface area contributed by atoms with Gasteiger partial charge in [-0.25, -0.2) is 0 Å². The van der Waals surface area contributed by atoms with E-state index < -0.39 is 10.8 Å². The maximum absolute atomic E-state index is 2.53. The van der Waals surface area contributed by atoms with Crippen LogP contribution in [0.5, 0.6) is 0 Å². The Bertz CT molecular complexity index is 4930. The van der Waals surface area contributed by atoms with E-state index in [2.05, 4.69) is 301 Å². The largest absolute Gasteiger partial charge is 0.310 e. The molecule has 0 amide bonds. The molecule has 14 aromatic rings. The molecule has 0 radical (unpaired) electrons. The summed E-state index contributed by atoms with van der Waals surface area (Å²) in [6.45, 7) is 0. The van der Waals surface area contributed by atoms with Gasteiger partial charge in [0, 0.05) is 27.7 Å². The molecule has 18 rings (SSSR count). The standard InChI is InChI=1S/C78H48N2/c1-2-19-49(20-3-1)50-21-16-22-55(46-50)79(74-38-18-34-69-75(74)63-27-7-12-32-67(63)77(69)64-29-9-4-23-57(64)58-24-5-10-30-65(58)77)56-43-41-52-45-51(39-40-53(52)47-56)54-42-44-60-59-25-6-11-31-66(59)78(71(60)48-54)68-33-13-15-37-73(68)80-72-36-14-8-26-61(72)62-28-17-35-70(78)76(62)80/h1-48H. The van der Waals surface area contributed by atoms with Crippen LogP contribution in [0.2, 0.25) is 0 Å². The molecule has 2 nitrogen and oxygen atoms in total. The zero-order chi connectivity index (χ0) is 52.3. The second kappa shape index (κ2) is 16.1. The normalized spacial score (nSPS) is 15.2. The van der Waals surface area contributed by atoms with E-state index in [1.54, 1.807) is 0 Å². The molecule has 0 fully saturated rings. The molecule has 0 saturated carbocycles. The first-order valence-corrected chi connectivity index (χ1v) is 28.0. The van der Waals surface area contributed by atoms with Crippen LogP contribution in [0.1, 0.15) is 44.5 Å². The van der Waals surface area contributed by atoms with Crippen molar-refractivity contribution in [2.45, 2.75) is 10.8 Å². The van der Waals surface area contributed by atoms with Crippen molar-refractivity contribution in [2.24, 2.45) is 0 Å². The molecular weight excluding hydrogens is 965 g/mol. The summed E-state index contributed by atoms with van der Waals surface area (Å²) in [5.41, 5.74) is 29.4. The molecule has 1 atom stereocenters. The lowest BCUT2D eigenvalue weighted by atomic mass is 9.65. The third-order valence-corrected chi connectivity index (χ3v) is 18.6. The predicted octanol–water partition coefficient (Wildman–Crippen LogP) is 19.8. The molecule has 13 aromatic carbocycles. The molecule has 3 aliphatic carbocycles. The molecule has 1 unspecified atom stereocenters. The van der Waals surface area contributed by atoms with Crippen LogP contribution in [-0.2, 0) is 10.8 Å². The van der Waals surface area contributed by atoms with Gasteiger partial charge in [-0.15, -0.1) is 0 Å². The lowest BCUT2D eigenvalue weighted by Crippen LogP contribution is -2.33. The molecule has 4 aliphatic rings. The number of benzene rings is 13. The summed E-state index contributed by atoms with van der Waals surface area (Å²) in [6.07, 6.45) is 0. The molecule has 2 spiro atoms. The summed E-state index contributed by atoms with van der Waals surface area (Å²) < 4.78 is 2.53. The highest BCUT2D eigenvalue weighted by atomic mass is 15.1. The Labute approximate surface area is 464 Å². The van der Waals surface area contributed by atoms with Crippen LogP contribution >= 0.6 is 0 Å². The van der Waals surface area contributed by atoms with Crippen molar-refractivity contribution in [1.82, 2.24) is 4.57 Å². The average molecular weight is 1010 g/mol. The molecule has 1 aliphatic heterocycles. The third kappa shape index (κ3) is 5.57. The van der Waals surface area contributed by atoms with Crippen molar-refractivity contribution in [3.05, 3.63) is 336 Å². The second-order valence-electron chi connectivity index (χ2n) is 22.2. The zero-order valence-corrected chi connectivity index (χ0v) is 43.6. The van der Waals surface area contributed by atoms with Crippen LogP contribution in [0.3, 0.4) is 0 Å². The van der Waals surface area contributed by atoms with Gasteiger partial charge in [0.05, 0.1) is 33.2 Å². The number of aromatic nitrogens is 1. The quantitative estimate of drug-likeness (QED) is 0.167. The molecule has 0 N–H and O–H groups in total. The molecule has 2 heterocycles. The van der Waals surface area contributed by atoms with E-state index >= 15 is 0 Å². The molecule has 80 heavy (non-hydrogen) atoms. The van der Waals surface area contributed by atoms with Crippen LogP contribution in [-0.4, -0.2) is 4.57 Å². The number of fused-ring (bicyclic) bond motifs is 23. The van der Waals surface area contributed by atoms with E-state index in [0.29, 0.717) is 0 Å². The highest BCUT2D eigenvalue weighted by molar-refractivity contribution is 6.13. The minimum atomic E-state index is -0.516.